The first-order chi connectivity index (χ1) is 6.45. The monoisotopic (exact) mass is 263 g/mol. The Balaban J connectivity index is 2.56. The summed E-state index contributed by atoms with van der Waals surface area (Å²) in [6.07, 6.45) is 2.03. The Morgan fingerprint density at radius 3 is 2.79 bits per heavy atom. The van der Waals surface area contributed by atoms with Crippen LogP contribution in [0.1, 0.15) is 26.7 Å². The second-order valence-electron chi connectivity index (χ2n) is 4.41. The fourth-order valence-corrected chi connectivity index (χ4v) is 2.03. The van der Waals surface area contributed by atoms with Gasteiger partial charge >= 0.3 is 0 Å². The summed E-state index contributed by atoms with van der Waals surface area (Å²) in [4.78, 5) is 13.7. The number of aliphatic hydroxyl groups excluding tert-OH is 1. The van der Waals surface area contributed by atoms with Crippen LogP contribution in [-0.2, 0) is 4.79 Å². The van der Waals surface area contributed by atoms with E-state index in [9.17, 15) is 4.79 Å². The maximum absolute atomic E-state index is 11.9. The Morgan fingerprint density at radius 2 is 2.29 bits per heavy atom. The molecule has 1 aliphatic rings. The summed E-state index contributed by atoms with van der Waals surface area (Å²) >= 11 is 3.37. The summed E-state index contributed by atoms with van der Waals surface area (Å²) in [7, 11) is 0. The lowest BCUT2D eigenvalue weighted by Gasteiger charge is -2.35. The fourth-order valence-electron chi connectivity index (χ4n) is 1.77. The molecule has 1 N–H and O–H groups in total. The molecular formula is C10H18BrNO2. The third kappa shape index (κ3) is 2.95. The van der Waals surface area contributed by atoms with Gasteiger partial charge in [0, 0.05) is 19.7 Å². The molecule has 1 heterocycles. The van der Waals surface area contributed by atoms with Gasteiger partial charge in [-0.05, 0) is 32.6 Å². The van der Waals surface area contributed by atoms with Gasteiger partial charge in [-0.15, -0.1) is 0 Å². The van der Waals surface area contributed by atoms with Gasteiger partial charge in [-0.2, -0.15) is 0 Å². The molecule has 0 aromatic heterocycles. The van der Waals surface area contributed by atoms with Gasteiger partial charge in [-0.1, -0.05) is 15.9 Å². The zero-order chi connectivity index (χ0) is 10.8. The fraction of sp³-hybridized carbons (Fsp3) is 0.900. The van der Waals surface area contributed by atoms with Crippen molar-refractivity contribution in [1.82, 2.24) is 4.90 Å². The average Bonchev–Trinajstić information content (AvgIpc) is 2.15. The van der Waals surface area contributed by atoms with Crippen LogP contribution >= 0.6 is 15.9 Å². The van der Waals surface area contributed by atoms with Crippen molar-refractivity contribution in [2.75, 3.05) is 19.7 Å². The van der Waals surface area contributed by atoms with Gasteiger partial charge in [0.25, 0.3) is 0 Å². The summed E-state index contributed by atoms with van der Waals surface area (Å²) in [6.45, 7) is 5.43. The average molecular weight is 264 g/mol. The van der Waals surface area contributed by atoms with E-state index in [1.807, 2.05) is 18.7 Å². The van der Waals surface area contributed by atoms with Gasteiger partial charge in [0.2, 0.25) is 5.91 Å². The predicted octanol–water partition coefficient (Wildman–Crippen LogP) is 1.39. The Morgan fingerprint density at radius 1 is 1.64 bits per heavy atom. The van der Waals surface area contributed by atoms with Crippen molar-refractivity contribution in [2.45, 2.75) is 31.0 Å². The van der Waals surface area contributed by atoms with E-state index in [1.54, 1.807) is 0 Å². The number of rotatable bonds is 2. The number of hydrogen-bond donors (Lipinski definition) is 1. The Kier molecular flexibility index (Phi) is 3.95. The highest BCUT2D eigenvalue weighted by Crippen LogP contribution is 2.23. The van der Waals surface area contributed by atoms with Crippen molar-refractivity contribution < 1.29 is 9.90 Å². The second kappa shape index (κ2) is 4.62. The molecule has 0 aromatic carbocycles. The number of alkyl halides is 1. The summed E-state index contributed by atoms with van der Waals surface area (Å²) in [5, 5.41) is 9.04. The molecule has 0 radical (unpaired) electrons. The van der Waals surface area contributed by atoms with Crippen molar-refractivity contribution in [1.29, 1.82) is 0 Å². The number of halogens is 1. The van der Waals surface area contributed by atoms with Crippen molar-refractivity contribution >= 4 is 21.8 Å². The number of aliphatic hydroxyl groups is 1. The predicted molar refractivity (Wildman–Crippen MR) is 59.4 cm³/mol. The number of nitrogens with zero attached hydrogens (tertiary/aromatic N) is 1. The maximum Gasteiger partial charge on any atom is 0.238 e. The highest BCUT2D eigenvalue weighted by molar-refractivity contribution is 9.10. The molecule has 82 valence electrons. The minimum absolute atomic E-state index is 0.121. The molecule has 1 amide bonds. The first-order valence-electron chi connectivity index (χ1n) is 5.04. The number of likely N-dealkylation sites (tertiary alicyclic amines) is 1. The van der Waals surface area contributed by atoms with Crippen LogP contribution in [0.3, 0.4) is 0 Å². The molecule has 0 aliphatic carbocycles. The topological polar surface area (TPSA) is 40.5 Å². The molecule has 1 atom stereocenters. The first-order valence-corrected chi connectivity index (χ1v) is 5.83. The summed E-state index contributed by atoms with van der Waals surface area (Å²) in [5.74, 6) is 0.387. The van der Waals surface area contributed by atoms with Gasteiger partial charge in [0.15, 0.2) is 0 Å². The summed E-state index contributed by atoms with van der Waals surface area (Å²) in [5.41, 5.74) is 0. The third-order valence-corrected chi connectivity index (χ3v) is 2.91. The summed E-state index contributed by atoms with van der Waals surface area (Å²) < 4.78 is -0.482. The first kappa shape index (κ1) is 12.0. The van der Waals surface area contributed by atoms with Crippen LogP contribution in [0.4, 0.5) is 0 Å². The molecule has 1 saturated heterocycles. The smallest absolute Gasteiger partial charge is 0.238 e. The molecule has 0 bridgehead atoms. The highest BCUT2D eigenvalue weighted by Gasteiger charge is 2.31. The normalized spacial score (nSPS) is 23.7. The quantitative estimate of drug-likeness (QED) is 0.766. The molecule has 1 aliphatic heterocycles. The zero-order valence-electron chi connectivity index (χ0n) is 8.79. The van der Waals surface area contributed by atoms with E-state index in [0.717, 1.165) is 19.4 Å². The lowest BCUT2D eigenvalue weighted by atomic mass is 9.98. The molecule has 14 heavy (non-hydrogen) atoms. The van der Waals surface area contributed by atoms with Gasteiger partial charge in [0.05, 0.1) is 4.32 Å². The van der Waals surface area contributed by atoms with Crippen LogP contribution in [0, 0.1) is 5.92 Å². The third-order valence-electron chi connectivity index (χ3n) is 2.57. The maximum atomic E-state index is 11.9. The van der Waals surface area contributed by atoms with Crippen LogP contribution in [0.25, 0.3) is 0 Å². The molecule has 0 saturated carbocycles. The van der Waals surface area contributed by atoms with E-state index in [4.69, 9.17) is 5.11 Å². The van der Waals surface area contributed by atoms with E-state index < -0.39 is 4.32 Å². The van der Waals surface area contributed by atoms with Crippen LogP contribution in [0.5, 0.6) is 0 Å². The molecule has 3 nitrogen and oxygen atoms in total. The number of piperidine rings is 1. The Labute approximate surface area is 93.6 Å². The molecular weight excluding hydrogens is 246 g/mol. The standard InChI is InChI=1S/C10H18BrNO2/c1-10(2,11)9(14)12-5-3-4-8(6-12)7-13/h8,13H,3-7H2,1-2H3. The lowest BCUT2D eigenvalue weighted by molar-refractivity contribution is -0.134. The minimum atomic E-state index is -0.482. The molecule has 4 heteroatoms. The number of carbonyl (C=O) groups excluding carboxylic acids is 1. The van der Waals surface area contributed by atoms with Crippen LogP contribution in [-0.4, -0.2) is 39.9 Å². The van der Waals surface area contributed by atoms with Gasteiger partial charge in [-0.3, -0.25) is 4.79 Å². The van der Waals surface area contributed by atoms with Gasteiger partial charge in [-0.25, -0.2) is 0 Å². The second-order valence-corrected chi connectivity index (χ2v) is 6.40. The number of hydrogen-bond acceptors (Lipinski definition) is 2. The van der Waals surface area contributed by atoms with Crippen molar-refractivity contribution in [2.24, 2.45) is 5.92 Å². The summed E-state index contributed by atoms with van der Waals surface area (Å²) in [6, 6.07) is 0. The van der Waals surface area contributed by atoms with E-state index in [1.165, 1.54) is 0 Å². The van der Waals surface area contributed by atoms with E-state index in [2.05, 4.69) is 15.9 Å². The number of carbonyl (C=O) groups is 1. The number of amides is 1. The lowest BCUT2D eigenvalue weighted by Crippen LogP contribution is -2.47. The van der Waals surface area contributed by atoms with E-state index in [0.29, 0.717) is 6.54 Å². The van der Waals surface area contributed by atoms with Gasteiger partial charge < -0.3 is 10.0 Å². The van der Waals surface area contributed by atoms with Crippen LogP contribution in [0.15, 0.2) is 0 Å². The van der Waals surface area contributed by atoms with E-state index >= 15 is 0 Å². The molecule has 1 unspecified atom stereocenters. The largest absolute Gasteiger partial charge is 0.396 e. The Bertz CT molecular complexity index is 213. The molecule has 1 rings (SSSR count). The minimum Gasteiger partial charge on any atom is -0.396 e. The van der Waals surface area contributed by atoms with E-state index in [-0.39, 0.29) is 18.4 Å². The molecule has 1 fully saturated rings. The van der Waals surface area contributed by atoms with Crippen molar-refractivity contribution in [3.63, 3.8) is 0 Å². The van der Waals surface area contributed by atoms with Crippen LogP contribution in [0.2, 0.25) is 0 Å². The van der Waals surface area contributed by atoms with Crippen molar-refractivity contribution in [3.05, 3.63) is 0 Å². The Hall–Kier alpha value is -0.0900. The van der Waals surface area contributed by atoms with Crippen molar-refractivity contribution in [3.8, 4) is 0 Å². The SMILES string of the molecule is CC(C)(Br)C(=O)N1CCCC(CO)C1. The zero-order valence-corrected chi connectivity index (χ0v) is 10.4. The highest BCUT2D eigenvalue weighted by atomic mass is 79.9. The van der Waals surface area contributed by atoms with Gasteiger partial charge in [0.1, 0.15) is 0 Å². The van der Waals surface area contributed by atoms with Crippen LogP contribution < -0.4 is 0 Å². The molecule has 0 spiro atoms. The molecule has 0 aromatic rings.